The van der Waals surface area contributed by atoms with E-state index < -0.39 is 5.97 Å². The third-order valence-corrected chi connectivity index (χ3v) is 5.31. The van der Waals surface area contributed by atoms with E-state index in [1.54, 1.807) is 48.5 Å². The molecule has 9 heteroatoms. The van der Waals surface area contributed by atoms with E-state index >= 15 is 0 Å². The van der Waals surface area contributed by atoms with Crippen LogP contribution in [0.1, 0.15) is 34.3 Å². The van der Waals surface area contributed by atoms with Gasteiger partial charge in [0.1, 0.15) is 5.75 Å². The molecule has 3 aromatic carbocycles. The molecule has 0 aromatic heterocycles. The molecule has 1 N–H and O–H groups in total. The minimum Gasteiger partial charge on any atom is -0.493 e. The number of halogens is 2. The van der Waals surface area contributed by atoms with E-state index in [4.69, 9.17) is 37.4 Å². The number of nitrogens with one attached hydrogen (secondary N) is 1. The number of ether oxygens (including phenoxy) is 3. The number of hydrogen-bond donors (Lipinski definition) is 1. The van der Waals surface area contributed by atoms with Gasteiger partial charge in [0, 0.05) is 11.4 Å². The Hall–Kier alpha value is -3.55. The number of hydrogen-bond acceptors (Lipinski definition) is 6. The Morgan fingerprint density at radius 1 is 0.971 bits per heavy atom. The lowest BCUT2D eigenvalue weighted by Crippen LogP contribution is -2.18. The van der Waals surface area contributed by atoms with Crippen LogP contribution in [-0.2, 0) is 4.79 Å². The van der Waals surface area contributed by atoms with Gasteiger partial charge in [-0.15, -0.1) is 0 Å². The number of hydrazone groups is 1. The first kappa shape index (κ1) is 26.1. The summed E-state index contributed by atoms with van der Waals surface area (Å²) in [7, 11) is 1.47. The Morgan fingerprint density at radius 2 is 1.71 bits per heavy atom. The maximum Gasteiger partial charge on any atom is 0.343 e. The van der Waals surface area contributed by atoms with Gasteiger partial charge in [-0.25, -0.2) is 10.2 Å². The van der Waals surface area contributed by atoms with E-state index in [0.717, 1.165) is 5.56 Å². The molecule has 0 atom stereocenters. The number of esters is 1. The number of nitrogens with zero attached hydrogens (tertiary/aromatic N) is 1. The van der Waals surface area contributed by atoms with Crippen molar-refractivity contribution in [2.24, 2.45) is 5.10 Å². The van der Waals surface area contributed by atoms with Crippen LogP contribution < -0.4 is 19.6 Å². The van der Waals surface area contributed by atoms with Gasteiger partial charge in [-0.05, 0) is 67.4 Å². The highest BCUT2D eigenvalue weighted by molar-refractivity contribution is 6.35. The largest absolute Gasteiger partial charge is 0.493 e. The summed E-state index contributed by atoms with van der Waals surface area (Å²) >= 11 is 11.9. The first-order valence-corrected chi connectivity index (χ1v) is 11.5. The second-order valence-corrected chi connectivity index (χ2v) is 8.33. The van der Waals surface area contributed by atoms with Crippen molar-refractivity contribution in [3.63, 3.8) is 0 Å². The Kier molecular flexibility index (Phi) is 9.52. The second kappa shape index (κ2) is 12.8. The van der Waals surface area contributed by atoms with Crippen molar-refractivity contribution in [2.75, 3.05) is 13.7 Å². The van der Waals surface area contributed by atoms with Crippen LogP contribution in [-0.4, -0.2) is 31.8 Å². The maximum absolute atomic E-state index is 12.4. The molecule has 0 aliphatic carbocycles. The minimum atomic E-state index is -0.487. The standard InChI is InChI=1S/C26H24Cl2N2O5/c1-17-5-8-19(9-6-17)26(32)35-23-11-7-18(14-24(23)33-2)16-29-30-25(31)4-3-13-34-22-12-10-20(27)15-21(22)28/h5-12,14-16H,3-4,13H2,1-2H3,(H,30,31)/b29-16+. The number of benzene rings is 3. The summed E-state index contributed by atoms with van der Waals surface area (Å²) < 4.78 is 16.3. The van der Waals surface area contributed by atoms with Crippen molar-refractivity contribution in [3.8, 4) is 17.2 Å². The monoisotopic (exact) mass is 514 g/mol. The predicted molar refractivity (Wildman–Crippen MR) is 136 cm³/mol. The topological polar surface area (TPSA) is 86.2 Å². The second-order valence-electron chi connectivity index (χ2n) is 7.49. The van der Waals surface area contributed by atoms with Gasteiger partial charge >= 0.3 is 5.97 Å². The van der Waals surface area contributed by atoms with Crippen molar-refractivity contribution < 1.29 is 23.8 Å². The van der Waals surface area contributed by atoms with Gasteiger partial charge < -0.3 is 14.2 Å². The van der Waals surface area contributed by atoms with Gasteiger partial charge in [-0.3, -0.25) is 4.79 Å². The number of amides is 1. The zero-order valence-corrected chi connectivity index (χ0v) is 20.7. The fourth-order valence-corrected chi connectivity index (χ4v) is 3.40. The number of methoxy groups -OCH3 is 1. The molecule has 1 amide bonds. The fourth-order valence-electron chi connectivity index (χ4n) is 2.94. The van der Waals surface area contributed by atoms with Gasteiger partial charge in [0.05, 0.1) is 30.5 Å². The third-order valence-electron chi connectivity index (χ3n) is 4.78. The molecule has 0 spiro atoms. The van der Waals surface area contributed by atoms with Crippen molar-refractivity contribution in [3.05, 3.63) is 87.4 Å². The first-order valence-electron chi connectivity index (χ1n) is 10.7. The molecule has 182 valence electrons. The first-order chi connectivity index (χ1) is 16.9. The molecule has 3 rings (SSSR count). The summed E-state index contributed by atoms with van der Waals surface area (Å²) in [5.41, 5.74) is 4.60. The van der Waals surface area contributed by atoms with Crippen LogP contribution in [0.5, 0.6) is 17.2 Å². The molecule has 0 aliphatic heterocycles. The average Bonchev–Trinajstić information content (AvgIpc) is 2.84. The van der Waals surface area contributed by atoms with Crippen LogP contribution >= 0.6 is 23.2 Å². The van der Waals surface area contributed by atoms with Gasteiger partial charge in [-0.1, -0.05) is 40.9 Å². The van der Waals surface area contributed by atoms with E-state index in [1.165, 1.54) is 13.3 Å². The van der Waals surface area contributed by atoms with Crippen LogP contribution in [0.25, 0.3) is 0 Å². The molecule has 0 saturated carbocycles. The highest BCUT2D eigenvalue weighted by Gasteiger charge is 2.13. The van der Waals surface area contributed by atoms with Crippen LogP contribution in [0.2, 0.25) is 10.0 Å². The lowest BCUT2D eigenvalue weighted by atomic mass is 10.1. The number of carbonyl (C=O) groups is 2. The third kappa shape index (κ3) is 8.02. The lowest BCUT2D eigenvalue weighted by molar-refractivity contribution is -0.121. The van der Waals surface area contributed by atoms with E-state index in [0.29, 0.717) is 45.7 Å². The highest BCUT2D eigenvalue weighted by Crippen LogP contribution is 2.29. The highest BCUT2D eigenvalue weighted by atomic mass is 35.5. The smallest absolute Gasteiger partial charge is 0.343 e. The summed E-state index contributed by atoms with van der Waals surface area (Å²) in [6.07, 6.45) is 2.17. The number of carbonyl (C=O) groups excluding carboxylic acids is 2. The predicted octanol–water partition coefficient (Wildman–Crippen LogP) is 5.84. The van der Waals surface area contributed by atoms with Crippen molar-refractivity contribution >= 4 is 41.3 Å². The molecule has 0 bridgehead atoms. The Bertz CT molecular complexity index is 1210. The van der Waals surface area contributed by atoms with Crippen LogP contribution in [0.4, 0.5) is 0 Å². The average molecular weight is 515 g/mol. The van der Waals surface area contributed by atoms with Gasteiger partial charge in [0.25, 0.3) is 0 Å². The Balaban J connectivity index is 1.47. The summed E-state index contributed by atoms with van der Waals surface area (Å²) in [6.45, 7) is 2.26. The van der Waals surface area contributed by atoms with Gasteiger partial charge in [0.15, 0.2) is 11.5 Å². The quantitative estimate of drug-likeness (QED) is 0.121. The van der Waals surface area contributed by atoms with Crippen molar-refractivity contribution in [1.82, 2.24) is 5.43 Å². The minimum absolute atomic E-state index is 0.222. The molecule has 0 unspecified atom stereocenters. The van der Waals surface area contributed by atoms with Crippen LogP contribution in [0.15, 0.2) is 65.8 Å². The van der Waals surface area contributed by atoms with Gasteiger partial charge in [0.2, 0.25) is 5.91 Å². The fraction of sp³-hybridized carbons (Fsp3) is 0.192. The summed E-state index contributed by atoms with van der Waals surface area (Å²) in [5, 5.41) is 4.90. The summed E-state index contributed by atoms with van der Waals surface area (Å²) in [4.78, 5) is 24.4. The number of rotatable bonds is 10. The zero-order chi connectivity index (χ0) is 25.2. The summed E-state index contributed by atoms with van der Waals surface area (Å²) in [5.74, 6) is 0.400. The molecule has 3 aromatic rings. The van der Waals surface area contributed by atoms with E-state index in [9.17, 15) is 9.59 Å². The molecule has 0 heterocycles. The number of aryl methyl sites for hydroxylation is 1. The molecule has 0 saturated heterocycles. The van der Waals surface area contributed by atoms with E-state index in [2.05, 4.69) is 10.5 Å². The van der Waals surface area contributed by atoms with Crippen molar-refractivity contribution in [1.29, 1.82) is 0 Å². The molecule has 7 nitrogen and oxygen atoms in total. The Morgan fingerprint density at radius 3 is 2.43 bits per heavy atom. The van der Waals surface area contributed by atoms with E-state index in [-0.39, 0.29) is 18.1 Å². The normalized spacial score (nSPS) is 10.7. The van der Waals surface area contributed by atoms with E-state index in [1.807, 2.05) is 19.1 Å². The molecule has 0 aliphatic rings. The molecular weight excluding hydrogens is 491 g/mol. The summed E-state index contributed by atoms with van der Waals surface area (Å²) in [6, 6.07) is 17.0. The molecule has 0 radical (unpaired) electrons. The Labute approximate surface area is 213 Å². The molecule has 0 fully saturated rings. The van der Waals surface area contributed by atoms with Gasteiger partial charge in [-0.2, -0.15) is 5.10 Å². The van der Waals surface area contributed by atoms with Crippen LogP contribution in [0, 0.1) is 6.92 Å². The SMILES string of the molecule is COc1cc(/C=N/NC(=O)CCCOc2ccc(Cl)cc2Cl)ccc1OC(=O)c1ccc(C)cc1. The zero-order valence-electron chi connectivity index (χ0n) is 19.2. The lowest BCUT2D eigenvalue weighted by Gasteiger charge is -2.10. The molecular formula is C26H24Cl2N2O5. The van der Waals surface area contributed by atoms with Crippen molar-refractivity contribution in [2.45, 2.75) is 19.8 Å². The van der Waals surface area contributed by atoms with Crippen LogP contribution in [0.3, 0.4) is 0 Å². The maximum atomic E-state index is 12.4. The molecule has 35 heavy (non-hydrogen) atoms.